The maximum atomic E-state index is 3.92. The summed E-state index contributed by atoms with van der Waals surface area (Å²) in [6, 6.07) is 0. The van der Waals surface area contributed by atoms with Crippen molar-refractivity contribution in [3.63, 3.8) is 0 Å². The van der Waals surface area contributed by atoms with E-state index in [1.54, 1.807) is 6.20 Å². The summed E-state index contributed by atoms with van der Waals surface area (Å²) in [6.07, 6.45) is 3.65. The minimum absolute atomic E-state index is 0.931. The average molecular weight is 160 g/mol. The van der Waals surface area contributed by atoms with Crippen LogP contribution in [0.5, 0.6) is 0 Å². The van der Waals surface area contributed by atoms with Crippen LogP contribution >= 0.6 is 0 Å². The summed E-state index contributed by atoms with van der Waals surface area (Å²) in [7, 11) is 1.94. The Morgan fingerprint density at radius 3 is 2.71 bits per heavy atom. The molecule has 3 heteroatoms. The first-order chi connectivity index (χ1) is 3.30. The van der Waals surface area contributed by atoms with Crippen LogP contribution < -0.4 is 4.72 Å². The number of aryl methyl sites for hydroxylation is 1. The van der Waals surface area contributed by atoms with Crippen molar-refractivity contribution in [3.05, 3.63) is 12.4 Å². The summed E-state index contributed by atoms with van der Waals surface area (Å²) in [5.41, 5.74) is 0. The second-order valence-corrected chi connectivity index (χ2v) is 2.09. The van der Waals surface area contributed by atoms with Gasteiger partial charge >= 0.3 is 49.7 Å². The summed E-state index contributed by atoms with van der Waals surface area (Å²) in [6.45, 7) is 0. The third-order valence-corrected chi connectivity index (χ3v) is 1.60. The Hall–Kier alpha value is -0.271. The van der Waals surface area contributed by atoms with Crippen molar-refractivity contribution in [3.8, 4) is 0 Å². The Bertz CT molecular complexity index is 142. The molecule has 38 valence electrons. The molecule has 0 aliphatic rings. The van der Waals surface area contributed by atoms with Gasteiger partial charge in [0, 0.05) is 0 Å². The van der Waals surface area contributed by atoms with Gasteiger partial charge in [-0.25, -0.2) is 0 Å². The van der Waals surface area contributed by atoms with Crippen LogP contribution in [-0.4, -0.2) is 25.6 Å². The summed E-state index contributed by atoms with van der Waals surface area (Å²) in [5, 5.41) is 0. The van der Waals surface area contributed by atoms with E-state index in [0.29, 0.717) is 0 Å². The van der Waals surface area contributed by atoms with Crippen LogP contribution in [0.1, 0.15) is 0 Å². The fraction of sp³-hybridized carbons (Fsp3) is 0.250. The molecule has 0 unspecified atom stereocenters. The van der Waals surface area contributed by atoms with Gasteiger partial charge in [0.05, 0.1) is 0 Å². The fourth-order valence-electron chi connectivity index (χ4n) is 0.352. The van der Waals surface area contributed by atoms with Gasteiger partial charge < -0.3 is 0 Å². The number of hydrogen-bond acceptors (Lipinski definition) is 1. The molecular formula is C4H5N2Se-. The molecule has 0 aromatic carbocycles. The minimum atomic E-state index is 0.931. The Morgan fingerprint density at radius 1 is 1.86 bits per heavy atom. The van der Waals surface area contributed by atoms with Crippen LogP contribution in [0, 0.1) is 0 Å². The molecule has 0 aliphatic heterocycles. The number of imidazole rings is 1. The van der Waals surface area contributed by atoms with Gasteiger partial charge in [-0.3, -0.25) is 0 Å². The number of nitrogens with zero attached hydrogens (tertiary/aromatic N) is 2. The third-order valence-electron chi connectivity index (χ3n) is 0.777. The monoisotopic (exact) mass is 161 g/mol. The van der Waals surface area contributed by atoms with Crippen molar-refractivity contribution in [1.82, 2.24) is 9.55 Å². The zero-order valence-electron chi connectivity index (χ0n) is 3.96. The van der Waals surface area contributed by atoms with E-state index in [4.69, 9.17) is 0 Å². The molecule has 0 N–H and O–H groups in total. The molecular weight excluding hydrogens is 155 g/mol. The summed E-state index contributed by atoms with van der Waals surface area (Å²) in [4.78, 5) is 3.92. The molecule has 2 nitrogen and oxygen atoms in total. The molecule has 0 aliphatic carbocycles. The van der Waals surface area contributed by atoms with Crippen molar-refractivity contribution < 1.29 is 0 Å². The number of aromatic nitrogens is 2. The predicted octanol–water partition coefficient (Wildman–Crippen LogP) is -0.786. The molecule has 0 amide bonds. The van der Waals surface area contributed by atoms with Crippen molar-refractivity contribution in [1.29, 1.82) is 0 Å². The van der Waals surface area contributed by atoms with E-state index in [1.807, 2.05) is 17.8 Å². The molecule has 0 bridgehead atoms. The normalized spacial score (nSPS) is 9.29. The SMILES string of the molecule is Cn1ccnc1[Se-]. The van der Waals surface area contributed by atoms with Crippen LogP contribution in [0.25, 0.3) is 0 Å². The first-order valence-electron chi connectivity index (χ1n) is 1.95. The molecule has 7 heavy (non-hydrogen) atoms. The van der Waals surface area contributed by atoms with Gasteiger partial charge in [0.15, 0.2) is 0 Å². The molecule has 0 atom stereocenters. The second-order valence-electron chi connectivity index (χ2n) is 1.32. The molecule has 1 aromatic heterocycles. The average Bonchev–Trinajstić information content (AvgIpc) is 1.91. The Labute approximate surface area is 50.4 Å². The quantitative estimate of drug-likeness (QED) is 0.455. The van der Waals surface area contributed by atoms with Gasteiger partial charge in [0.25, 0.3) is 0 Å². The summed E-state index contributed by atoms with van der Waals surface area (Å²) in [5.74, 6) is 0. The van der Waals surface area contributed by atoms with E-state index in [2.05, 4.69) is 21.0 Å². The zero-order valence-corrected chi connectivity index (χ0v) is 5.67. The van der Waals surface area contributed by atoms with E-state index in [-0.39, 0.29) is 0 Å². The fourth-order valence-corrected chi connectivity index (χ4v) is 0.607. The number of rotatable bonds is 0. The molecule has 0 saturated heterocycles. The second kappa shape index (κ2) is 1.68. The summed E-state index contributed by atoms with van der Waals surface area (Å²) >= 11 is 2.80. The first-order valence-corrected chi connectivity index (χ1v) is 2.80. The van der Waals surface area contributed by atoms with Crippen LogP contribution in [0.3, 0.4) is 0 Å². The summed E-state index contributed by atoms with van der Waals surface area (Å²) < 4.78 is 2.85. The van der Waals surface area contributed by atoms with Crippen molar-refractivity contribution in [2.75, 3.05) is 0 Å². The Morgan fingerprint density at radius 2 is 2.57 bits per heavy atom. The molecule has 1 heterocycles. The Balaban J connectivity index is 3.12. The molecule has 0 fully saturated rings. The van der Waals surface area contributed by atoms with E-state index >= 15 is 0 Å². The van der Waals surface area contributed by atoms with E-state index in [1.165, 1.54) is 0 Å². The topological polar surface area (TPSA) is 17.8 Å². The van der Waals surface area contributed by atoms with Crippen molar-refractivity contribution in [2.45, 2.75) is 0 Å². The molecule has 0 radical (unpaired) electrons. The van der Waals surface area contributed by atoms with E-state index in [0.717, 1.165) is 4.72 Å². The first kappa shape index (κ1) is 4.88. The number of hydrogen-bond donors (Lipinski definition) is 0. The van der Waals surface area contributed by atoms with E-state index < -0.39 is 0 Å². The van der Waals surface area contributed by atoms with Gasteiger partial charge in [-0.1, -0.05) is 0 Å². The predicted molar refractivity (Wildman–Crippen MR) is 28.6 cm³/mol. The van der Waals surface area contributed by atoms with Gasteiger partial charge in [0.2, 0.25) is 0 Å². The third kappa shape index (κ3) is 0.842. The molecule has 0 spiro atoms. The van der Waals surface area contributed by atoms with Crippen molar-refractivity contribution in [2.24, 2.45) is 7.05 Å². The van der Waals surface area contributed by atoms with Crippen molar-refractivity contribution >= 4 is 20.7 Å². The van der Waals surface area contributed by atoms with Crippen LogP contribution in [0.15, 0.2) is 12.4 Å². The van der Waals surface area contributed by atoms with Crippen LogP contribution in [-0.2, 0) is 7.05 Å². The standard InChI is InChI=1S/C4H6N2Se/c1-6-3-2-5-4(6)7/h2-3H,1H3,(H,5,7)/p-1. The Kier molecular flexibility index (Phi) is 1.17. The van der Waals surface area contributed by atoms with Crippen LogP contribution in [0.2, 0.25) is 0 Å². The van der Waals surface area contributed by atoms with Gasteiger partial charge in [0.1, 0.15) is 0 Å². The maximum absolute atomic E-state index is 3.92. The van der Waals surface area contributed by atoms with Gasteiger partial charge in [-0.2, -0.15) is 0 Å². The van der Waals surface area contributed by atoms with Crippen LogP contribution in [0.4, 0.5) is 0 Å². The molecule has 0 saturated carbocycles. The van der Waals surface area contributed by atoms with Gasteiger partial charge in [-0.15, -0.1) is 0 Å². The zero-order chi connectivity index (χ0) is 5.28. The van der Waals surface area contributed by atoms with E-state index in [9.17, 15) is 0 Å². The molecule has 1 aromatic rings. The van der Waals surface area contributed by atoms with Gasteiger partial charge in [-0.05, 0) is 0 Å². The molecule has 1 rings (SSSR count).